The Labute approximate surface area is 146 Å². The second-order valence-electron chi connectivity index (χ2n) is 5.76. The summed E-state index contributed by atoms with van der Waals surface area (Å²) in [5, 5.41) is 14.2. The van der Waals surface area contributed by atoms with Crippen molar-refractivity contribution in [2.75, 3.05) is 43.5 Å². The zero-order valence-corrected chi connectivity index (χ0v) is 14.2. The van der Waals surface area contributed by atoms with E-state index in [4.69, 9.17) is 4.74 Å². The van der Waals surface area contributed by atoms with E-state index in [-0.39, 0.29) is 5.91 Å². The van der Waals surface area contributed by atoms with Gasteiger partial charge in [-0.15, -0.1) is 5.10 Å². The number of pyridine rings is 1. The van der Waals surface area contributed by atoms with E-state index >= 15 is 0 Å². The highest BCUT2D eigenvalue weighted by Gasteiger charge is 2.13. The molecule has 2 aromatic rings. The van der Waals surface area contributed by atoms with Crippen LogP contribution in [0.25, 0.3) is 0 Å². The maximum Gasteiger partial charge on any atom is 0.251 e. The largest absolute Gasteiger partial charge is 0.481 e. The van der Waals surface area contributed by atoms with Crippen LogP contribution in [0.2, 0.25) is 0 Å². The van der Waals surface area contributed by atoms with Crippen molar-refractivity contribution >= 4 is 17.4 Å². The summed E-state index contributed by atoms with van der Waals surface area (Å²) in [6.07, 6.45) is 5.77. The lowest BCUT2D eigenvalue weighted by Gasteiger charge is -2.17. The van der Waals surface area contributed by atoms with Crippen molar-refractivity contribution in [3.05, 3.63) is 36.2 Å². The van der Waals surface area contributed by atoms with Crippen LogP contribution in [0.3, 0.4) is 0 Å². The second kappa shape index (κ2) is 8.27. The van der Waals surface area contributed by atoms with Crippen LogP contribution in [0, 0.1) is 0 Å². The molecule has 0 atom stereocenters. The Kier molecular flexibility index (Phi) is 5.61. The van der Waals surface area contributed by atoms with E-state index in [0.717, 1.165) is 18.8 Å². The Bertz CT molecular complexity index is 718. The number of carbonyl (C=O) groups excluding carboxylic acids is 1. The number of hydrogen-bond donors (Lipinski definition) is 2. The van der Waals surface area contributed by atoms with Crippen molar-refractivity contribution in [1.29, 1.82) is 0 Å². The van der Waals surface area contributed by atoms with Crippen molar-refractivity contribution in [2.45, 2.75) is 12.8 Å². The summed E-state index contributed by atoms with van der Waals surface area (Å²) < 4.78 is 5.02. The molecule has 1 saturated heterocycles. The van der Waals surface area contributed by atoms with Gasteiger partial charge in [0.25, 0.3) is 5.91 Å². The number of anilines is 2. The number of amides is 1. The highest BCUT2D eigenvalue weighted by Crippen LogP contribution is 2.20. The monoisotopic (exact) mass is 342 g/mol. The average molecular weight is 342 g/mol. The van der Waals surface area contributed by atoms with Crippen LogP contribution in [0.4, 0.5) is 11.5 Å². The lowest BCUT2D eigenvalue weighted by molar-refractivity contribution is 0.0954. The molecule has 8 heteroatoms. The van der Waals surface area contributed by atoms with Gasteiger partial charge in [0.05, 0.1) is 19.0 Å². The number of aromatic nitrogens is 3. The van der Waals surface area contributed by atoms with Crippen molar-refractivity contribution in [2.24, 2.45) is 0 Å². The molecule has 0 unspecified atom stereocenters. The zero-order valence-electron chi connectivity index (χ0n) is 14.2. The zero-order chi connectivity index (χ0) is 17.5. The Morgan fingerprint density at radius 2 is 2.12 bits per heavy atom. The number of methoxy groups -OCH3 is 1. The van der Waals surface area contributed by atoms with Crippen LogP contribution in [0.5, 0.6) is 5.88 Å². The van der Waals surface area contributed by atoms with Gasteiger partial charge in [-0.2, -0.15) is 5.10 Å². The van der Waals surface area contributed by atoms with Gasteiger partial charge in [-0.1, -0.05) is 0 Å². The molecule has 0 aromatic carbocycles. The number of nitrogens with one attached hydrogen (secondary N) is 2. The fourth-order valence-electron chi connectivity index (χ4n) is 2.72. The second-order valence-corrected chi connectivity index (χ2v) is 5.76. The Morgan fingerprint density at radius 3 is 2.92 bits per heavy atom. The summed E-state index contributed by atoms with van der Waals surface area (Å²) in [7, 11) is 1.52. The molecule has 2 N–H and O–H groups in total. The van der Waals surface area contributed by atoms with Gasteiger partial charge in [0.2, 0.25) is 5.88 Å². The van der Waals surface area contributed by atoms with Crippen LogP contribution >= 0.6 is 0 Å². The first-order valence-corrected chi connectivity index (χ1v) is 8.36. The molecule has 1 aliphatic heterocycles. The normalized spacial score (nSPS) is 13.6. The van der Waals surface area contributed by atoms with Crippen LogP contribution < -0.4 is 20.3 Å². The summed E-state index contributed by atoms with van der Waals surface area (Å²) in [6.45, 7) is 3.17. The molecule has 0 radical (unpaired) electrons. The van der Waals surface area contributed by atoms with Gasteiger partial charge < -0.3 is 20.3 Å². The predicted molar refractivity (Wildman–Crippen MR) is 95.1 cm³/mol. The predicted octanol–water partition coefficient (Wildman–Crippen LogP) is 1.32. The fraction of sp³-hybridized carbons (Fsp3) is 0.412. The van der Waals surface area contributed by atoms with Crippen molar-refractivity contribution < 1.29 is 9.53 Å². The topological polar surface area (TPSA) is 92.3 Å². The van der Waals surface area contributed by atoms with Crippen LogP contribution in [-0.2, 0) is 0 Å². The molecule has 0 bridgehead atoms. The van der Waals surface area contributed by atoms with Gasteiger partial charge in [0, 0.05) is 50.1 Å². The van der Waals surface area contributed by atoms with Crippen LogP contribution in [0.15, 0.2) is 30.6 Å². The SMILES string of the molecule is COc1cc(C(=O)NCCNc2cc(N3CCCC3)cnn2)ccn1. The van der Waals surface area contributed by atoms with Crippen molar-refractivity contribution in [3.8, 4) is 5.88 Å². The molecule has 25 heavy (non-hydrogen) atoms. The van der Waals surface area contributed by atoms with Gasteiger partial charge in [0.15, 0.2) is 5.82 Å². The third-order valence-corrected chi connectivity index (χ3v) is 4.03. The quantitative estimate of drug-likeness (QED) is 0.733. The Morgan fingerprint density at radius 1 is 1.28 bits per heavy atom. The van der Waals surface area contributed by atoms with E-state index in [9.17, 15) is 4.79 Å². The van der Waals surface area contributed by atoms with E-state index < -0.39 is 0 Å². The molecule has 3 rings (SSSR count). The molecule has 132 valence electrons. The standard InChI is InChI=1S/C17H22N6O2/c1-25-16-10-13(4-5-19-16)17(24)20-7-6-18-15-11-14(12-21-22-15)23-8-2-3-9-23/h4-5,10-12H,2-3,6-9H2,1H3,(H,18,22)(H,20,24). The van der Waals surface area contributed by atoms with E-state index in [0.29, 0.717) is 30.4 Å². The molecular formula is C17H22N6O2. The van der Waals surface area contributed by atoms with Crippen molar-refractivity contribution in [3.63, 3.8) is 0 Å². The number of ether oxygens (including phenoxy) is 1. The third-order valence-electron chi connectivity index (χ3n) is 4.03. The first-order valence-electron chi connectivity index (χ1n) is 8.36. The molecule has 3 heterocycles. The molecule has 0 aliphatic carbocycles. The fourth-order valence-corrected chi connectivity index (χ4v) is 2.72. The van der Waals surface area contributed by atoms with E-state index in [1.54, 1.807) is 24.5 Å². The minimum Gasteiger partial charge on any atom is -0.481 e. The Balaban J connectivity index is 1.46. The van der Waals surface area contributed by atoms with Gasteiger partial charge in [-0.3, -0.25) is 4.79 Å². The number of nitrogens with zero attached hydrogens (tertiary/aromatic N) is 4. The minimum atomic E-state index is -0.167. The van der Waals surface area contributed by atoms with Gasteiger partial charge in [-0.25, -0.2) is 4.98 Å². The first-order chi connectivity index (χ1) is 12.3. The van der Waals surface area contributed by atoms with E-state index in [1.165, 1.54) is 20.0 Å². The molecule has 8 nitrogen and oxygen atoms in total. The van der Waals surface area contributed by atoms with Gasteiger partial charge in [0.1, 0.15) is 0 Å². The van der Waals surface area contributed by atoms with Gasteiger partial charge in [-0.05, 0) is 18.9 Å². The average Bonchev–Trinajstić information content (AvgIpc) is 3.20. The first kappa shape index (κ1) is 16.9. The molecule has 0 saturated carbocycles. The minimum absolute atomic E-state index is 0.167. The summed E-state index contributed by atoms with van der Waals surface area (Å²) in [4.78, 5) is 18.4. The van der Waals surface area contributed by atoms with Crippen LogP contribution in [-0.4, -0.2) is 54.4 Å². The number of rotatable bonds is 7. The van der Waals surface area contributed by atoms with Gasteiger partial charge >= 0.3 is 0 Å². The van der Waals surface area contributed by atoms with Crippen LogP contribution in [0.1, 0.15) is 23.2 Å². The summed E-state index contributed by atoms with van der Waals surface area (Å²) in [6, 6.07) is 5.25. The molecular weight excluding hydrogens is 320 g/mol. The molecule has 0 spiro atoms. The Hall–Kier alpha value is -2.90. The maximum atomic E-state index is 12.1. The lowest BCUT2D eigenvalue weighted by atomic mass is 10.2. The van der Waals surface area contributed by atoms with Crippen molar-refractivity contribution in [1.82, 2.24) is 20.5 Å². The van der Waals surface area contributed by atoms with E-state index in [2.05, 4.69) is 30.7 Å². The molecule has 1 amide bonds. The summed E-state index contributed by atoms with van der Waals surface area (Å²) in [5.41, 5.74) is 1.60. The molecule has 2 aromatic heterocycles. The highest BCUT2D eigenvalue weighted by molar-refractivity contribution is 5.94. The maximum absolute atomic E-state index is 12.1. The lowest BCUT2D eigenvalue weighted by Crippen LogP contribution is -2.29. The summed E-state index contributed by atoms with van der Waals surface area (Å²) in [5.74, 6) is 0.961. The highest BCUT2D eigenvalue weighted by atomic mass is 16.5. The molecule has 1 aliphatic rings. The smallest absolute Gasteiger partial charge is 0.251 e. The third kappa shape index (κ3) is 4.56. The summed E-state index contributed by atoms with van der Waals surface area (Å²) >= 11 is 0. The number of hydrogen-bond acceptors (Lipinski definition) is 7. The molecule has 1 fully saturated rings. The van der Waals surface area contributed by atoms with E-state index in [1.807, 2.05) is 6.07 Å². The number of carbonyl (C=O) groups is 1.